The Morgan fingerprint density at radius 2 is 1.94 bits per heavy atom. The van der Waals surface area contributed by atoms with Crippen LogP contribution in [0, 0.1) is 5.41 Å². The second-order valence-corrected chi connectivity index (χ2v) is 5.62. The topological polar surface area (TPSA) is 12.0 Å². The highest BCUT2D eigenvalue weighted by Gasteiger charge is 2.20. The minimum absolute atomic E-state index is 0.00351. The van der Waals surface area contributed by atoms with Gasteiger partial charge >= 0.3 is 0 Å². The zero-order chi connectivity index (χ0) is 12.9. The van der Waals surface area contributed by atoms with E-state index in [2.05, 4.69) is 44.8 Å². The summed E-state index contributed by atoms with van der Waals surface area (Å²) < 4.78 is 0. The van der Waals surface area contributed by atoms with Gasteiger partial charge in [-0.2, -0.15) is 0 Å². The van der Waals surface area contributed by atoms with E-state index in [1.807, 2.05) is 24.3 Å². The highest BCUT2D eigenvalue weighted by Crippen LogP contribution is 2.21. The van der Waals surface area contributed by atoms with Gasteiger partial charge in [0.1, 0.15) is 0 Å². The second kappa shape index (κ2) is 5.97. The lowest BCUT2D eigenvalue weighted by Crippen LogP contribution is -2.35. The van der Waals surface area contributed by atoms with Crippen molar-refractivity contribution in [1.29, 1.82) is 0 Å². The van der Waals surface area contributed by atoms with Crippen molar-refractivity contribution in [3.63, 3.8) is 0 Å². The van der Waals surface area contributed by atoms with E-state index in [-0.39, 0.29) is 11.5 Å². The Balaban J connectivity index is 2.81. The van der Waals surface area contributed by atoms with Gasteiger partial charge in [-0.15, -0.1) is 6.58 Å². The number of rotatable bonds is 4. The fourth-order valence-electron chi connectivity index (χ4n) is 1.51. The summed E-state index contributed by atoms with van der Waals surface area (Å²) in [5.41, 5.74) is 1.25. The molecule has 92 valence electrons. The Bertz CT molecular complexity index is 376. The van der Waals surface area contributed by atoms with Crippen LogP contribution in [-0.2, 0) is 0 Å². The maximum Gasteiger partial charge on any atom is 0.0812 e. The first-order valence-corrected chi connectivity index (χ1v) is 6.33. The molecule has 0 aliphatic carbocycles. The largest absolute Gasteiger partial charge is 0.372 e. The number of thiocarbonyl (C=S) groups is 1. The van der Waals surface area contributed by atoms with Crippen LogP contribution >= 0.6 is 12.2 Å². The predicted octanol–water partition coefficient (Wildman–Crippen LogP) is 4.27. The van der Waals surface area contributed by atoms with Crippen molar-refractivity contribution in [2.24, 2.45) is 5.41 Å². The van der Waals surface area contributed by atoms with Gasteiger partial charge in [0, 0.05) is 5.41 Å². The highest BCUT2D eigenvalue weighted by atomic mass is 32.1. The maximum atomic E-state index is 5.44. The molecule has 0 aromatic heterocycles. The summed E-state index contributed by atoms with van der Waals surface area (Å²) in [6, 6.07) is 10.6. The van der Waals surface area contributed by atoms with Crippen molar-refractivity contribution in [3.05, 3.63) is 48.6 Å². The van der Waals surface area contributed by atoms with Gasteiger partial charge in [0.05, 0.1) is 11.0 Å². The summed E-state index contributed by atoms with van der Waals surface area (Å²) in [6.07, 6.45) is 2.80. The fourth-order valence-corrected chi connectivity index (χ4v) is 1.65. The third-order valence-electron chi connectivity index (χ3n) is 2.59. The van der Waals surface area contributed by atoms with Gasteiger partial charge in [-0.3, -0.25) is 0 Å². The van der Waals surface area contributed by atoms with E-state index in [1.165, 1.54) is 5.56 Å². The average molecular weight is 247 g/mol. The average Bonchev–Trinajstić information content (AvgIpc) is 2.28. The molecule has 1 aromatic rings. The molecular weight excluding hydrogens is 226 g/mol. The van der Waals surface area contributed by atoms with Crippen molar-refractivity contribution >= 4 is 17.2 Å². The second-order valence-electron chi connectivity index (χ2n) is 5.21. The Kier molecular flexibility index (Phi) is 4.88. The van der Waals surface area contributed by atoms with Crippen LogP contribution in [0.1, 0.15) is 38.8 Å². The maximum absolute atomic E-state index is 5.44. The van der Waals surface area contributed by atoms with Gasteiger partial charge in [0.25, 0.3) is 0 Å². The number of hydrogen-bond acceptors (Lipinski definition) is 1. The van der Waals surface area contributed by atoms with Gasteiger partial charge < -0.3 is 5.32 Å². The molecular formula is C15H21NS. The van der Waals surface area contributed by atoms with Crippen molar-refractivity contribution in [2.75, 3.05) is 0 Å². The van der Waals surface area contributed by atoms with Gasteiger partial charge in [-0.25, -0.2) is 0 Å². The van der Waals surface area contributed by atoms with Crippen molar-refractivity contribution < 1.29 is 0 Å². The van der Waals surface area contributed by atoms with Crippen molar-refractivity contribution in [2.45, 2.75) is 33.2 Å². The molecule has 1 unspecified atom stereocenters. The third-order valence-corrected chi connectivity index (χ3v) is 3.32. The molecule has 1 atom stereocenters. The number of benzene rings is 1. The van der Waals surface area contributed by atoms with Crippen LogP contribution in [0.15, 0.2) is 43.0 Å². The SMILES string of the molecule is C=CCC(NC(=S)C(C)(C)C)c1ccccc1. The van der Waals surface area contributed by atoms with E-state index in [4.69, 9.17) is 12.2 Å². The van der Waals surface area contributed by atoms with Crippen LogP contribution in [0.5, 0.6) is 0 Å². The zero-order valence-corrected chi connectivity index (χ0v) is 11.7. The van der Waals surface area contributed by atoms with Gasteiger partial charge in [-0.05, 0) is 12.0 Å². The predicted molar refractivity (Wildman–Crippen MR) is 79.2 cm³/mol. The fraction of sp³-hybridized carbons (Fsp3) is 0.400. The summed E-state index contributed by atoms with van der Waals surface area (Å²) in [6.45, 7) is 10.2. The molecule has 0 spiro atoms. The summed E-state index contributed by atoms with van der Waals surface area (Å²) in [5, 5.41) is 3.43. The molecule has 0 saturated carbocycles. The minimum atomic E-state index is 0.00351. The zero-order valence-electron chi connectivity index (χ0n) is 10.9. The molecule has 17 heavy (non-hydrogen) atoms. The first-order chi connectivity index (χ1) is 7.95. The lowest BCUT2D eigenvalue weighted by Gasteiger charge is -2.26. The van der Waals surface area contributed by atoms with E-state index in [1.54, 1.807) is 0 Å². The van der Waals surface area contributed by atoms with Crippen molar-refractivity contribution in [1.82, 2.24) is 5.32 Å². The molecule has 1 nitrogen and oxygen atoms in total. The normalized spacial score (nSPS) is 12.9. The standard InChI is InChI=1S/C15H21NS/c1-5-9-13(12-10-7-6-8-11-12)16-14(17)15(2,3)4/h5-8,10-11,13H,1,9H2,2-4H3,(H,16,17). The lowest BCUT2D eigenvalue weighted by atomic mass is 9.95. The monoisotopic (exact) mass is 247 g/mol. The molecule has 0 bridgehead atoms. The minimum Gasteiger partial charge on any atom is -0.372 e. The van der Waals surface area contributed by atoms with E-state index < -0.39 is 0 Å². The number of nitrogens with one attached hydrogen (secondary N) is 1. The molecule has 0 aliphatic heterocycles. The van der Waals surface area contributed by atoms with Crippen LogP contribution in [0.3, 0.4) is 0 Å². The third kappa shape index (κ3) is 4.31. The lowest BCUT2D eigenvalue weighted by molar-refractivity contribution is 0.546. The molecule has 0 heterocycles. The molecule has 1 rings (SSSR count). The van der Waals surface area contributed by atoms with Gasteiger partial charge in [0.15, 0.2) is 0 Å². The van der Waals surface area contributed by atoms with Crippen LogP contribution < -0.4 is 5.32 Å². The van der Waals surface area contributed by atoms with E-state index in [0.717, 1.165) is 11.4 Å². The molecule has 1 aromatic carbocycles. The van der Waals surface area contributed by atoms with E-state index in [9.17, 15) is 0 Å². The first kappa shape index (κ1) is 13.9. The summed E-state index contributed by atoms with van der Waals surface area (Å²) in [4.78, 5) is 0.896. The Morgan fingerprint density at radius 3 is 2.41 bits per heavy atom. The molecule has 0 aliphatic rings. The highest BCUT2D eigenvalue weighted by molar-refractivity contribution is 7.80. The Hall–Kier alpha value is -1.15. The molecule has 0 fully saturated rings. The molecule has 0 radical (unpaired) electrons. The van der Waals surface area contributed by atoms with Gasteiger partial charge in [0.2, 0.25) is 0 Å². The Labute approximate surface area is 110 Å². The molecule has 2 heteroatoms. The van der Waals surface area contributed by atoms with Crippen molar-refractivity contribution in [3.8, 4) is 0 Å². The van der Waals surface area contributed by atoms with Crippen LogP contribution in [0.2, 0.25) is 0 Å². The summed E-state index contributed by atoms with van der Waals surface area (Å²) >= 11 is 5.44. The van der Waals surface area contributed by atoms with E-state index >= 15 is 0 Å². The van der Waals surface area contributed by atoms with Crippen LogP contribution in [0.25, 0.3) is 0 Å². The Morgan fingerprint density at radius 1 is 1.35 bits per heavy atom. The smallest absolute Gasteiger partial charge is 0.0812 e. The van der Waals surface area contributed by atoms with E-state index in [0.29, 0.717) is 0 Å². The quantitative estimate of drug-likeness (QED) is 0.630. The molecule has 0 amide bonds. The molecule has 0 saturated heterocycles. The summed E-state index contributed by atoms with van der Waals surface area (Å²) in [7, 11) is 0. The number of hydrogen-bond donors (Lipinski definition) is 1. The van der Waals surface area contributed by atoms with Crippen LogP contribution in [0.4, 0.5) is 0 Å². The summed E-state index contributed by atoms with van der Waals surface area (Å²) in [5.74, 6) is 0. The first-order valence-electron chi connectivity index (χ1n) is 5.92. The molecule has 1 N–H and O–H groups in total. The van der Waals surface area contributed by atoms with Crippen LogP contribution in [-0.4, -0.2) is 4.99 Å². The van der Waals surface area contributed by atoms with Gasteiger partial charge in [-0.1, -0.05) is 69.4 Å².